The van der Waals surface area contributed by atoms with Crippen molar-refractivity contribution < 1.29 is 18.4 Å². The van der Waals surface area contributed by atoms with Crippen LogP contribution in [0.15, 0.2) is 53.4 Å². The quantitative estimate of drug-likeness (QED) is 0.743. The third kappa shape index (κ3) is 5.56. The summed E-state index contributed by atoms with van der Waals surface area (Å²) in [5.41, 5.74) is 0.183. The lowest BCUT2D eigenvalue weighted by Gasteiger charge is -2.18. The monoisotopic (exact) mass is 364 g/mol. The Bertz CT molecular complexity index is 741. The van der Waals surface area contributed by atoms with Crippen LogP contribution in [0.5, 0.6) is 0 Å². The Morgan fingerprint density at radius 2 is 1.80 bits per heavy atom. The van der Waals surface area contributed by atoms with E-state index in [-0.39, 0.29) is 17.9 Å². The van der Waals surface area contributed by atoms with E-state index in [2.05, 4.69) is 10.6 Å². The predicted octanol–water partition coefficient (Wildman–Crippen LogP) is 3.05. The minimum atomic E-state index is -1.07. The van der Waals surface area contributed by atoms with Crippen molar-refractivity contribution >= 4 is 23.6 Å². The Labute approximate surface area is 149 Å². The van der Waals surface area contributed by atoms with Gasteiger partial charge < -0.3 is 10.6 Å². The van der Waals surface area contributed by atoms with Gasteiger partial charge in [0.25, 0.3) is 0 Å². The van der Waals surface area contributed by atoms with E-state index < -0.39 is 23.6 Å². The predicted molar refractivity (Wildman–Crippen MR) is 93.1 cm³/mol. The summed E-state index contributed by atoms with van der Waals surface area (Å²) in [6.45, 7) is 0. The molecule has 0 aromatic heterocycles. The van der Waals surface area contributed by atoms with E-state index in [1.807, 2.05) is 30.3 Å². The standard InChI is InChI=1S/C18H18F2N2O2S/c1-21-18(24)17(12-7-8-14(19)15(20)11-12)22-16(23)9-10-25-13-5-3-2-4-6-13/h2-8,11,17H,9-10H2,1H3,(H,21,24)(H,22,23). The maximum absolute atomic E-state index is 13.4. The van der Waals surface area contributed by atoms with Gasteiger partial charge >= 0.3 is 0 Å². The number of rotatable bonds is 7. The summed E-state index contributed by atoms with van der Waals surface area (Å²) in [4.78, 5) is 25.1. The Kier molecular flexibility index (Phi) is 6.94. The number of carbonyl (C=O) groups is 2. The Morgan fingerprint density at radius 1 is 1.08 bits per heavy atom. The fourth-order valence-corrected chi connectivity index (χ4v) is 3.02. The van der Waals surface area contributed by atoms with Crippen molar-refractivity contribution in [2.24, 2.45) is 0 Å². The maximum Gasteiger partial charge on any atom is 0.246 e. The molecule has 2 amide bonds. The van der Waals surface area contributed by atoms with E-state index in [0.29, 0.717) is 5.75 Å². The molecule has 1 atom stereocenters. The number of hydrogen-bond acceptors (Lipinski definition) is 3. The smallest absolute Gasteiger partial charge is 0.246 e. The number of hydrogen-bond donors (Lipinski definition) is 2. The molecule has 132 valence electrons. The average Bonchev–Trinajstić information content (AvgIpc) is 2.62. The summed E-state index contributed by atoms with van der Waals surface area (Å²) in [5, 5.41) is 4.97. The van der Waals surface area contributed by atoms with Gasteiger partial charge in [-0.05, 0) is 29.8 Å². The van der Waals surface area contributed by atoms with Crippen molar-refractivity contribution in [3.8, 4) is 0 Å². The zero-order chi connectivity index (χ0) is 18.2. The molecule has 0 aliphatic rings. The van der Waals surface area contributed by atoms with E-state index in [0.717, 1.165) is 17.0 Å². The molecule has 0 heterocycles. The SMILES string of the molecule is CNC(=O)C(NC(=O)CCSc1ccccc1)c1ccc(F)c(F)c1. The molecule has 2 rings (SSSR count). The maximum atomic E-state index is 13.4. The van der Waals surface area contributed by atoms with Crippen molar-refractivity contribution in [1.29, 1.82) is 0 Å². The normalized spacial score (nSPS) is 11.6. The van der Waals surface area contributed by atoms with Crippen molar-refractivity contribution in [2.75, 3.05) is 12.8 Å². The molecule has 4 nitrogen and oxygen atoms in total. The van der Waals surface area contributed by atoms with Gasteiger partial charge in [-0.1, -0.05) is 24.3 Å². The van der Waals surface area contributed by atoms with Crippen molar-refractivity contribution in [3.63, 3.8) is 0 Å². The summed E-state index contributed by atoms with van der Waals surface area (Å²) in [5.74, 6) is -2.39. The van der Waals surface area contributed by atoms with Crippen molar-refractivity contribution in [1.82, 2.24) is 10.6 Å². The van der Waals surface area contributed by atoms with Gasteiger partial charge in [0, 0.05) is 24.1 Å². The summed E-state index contributed by atoms with van der Waals surface area (Å²) >= 11 is 1.52. The van der Waals surface area contributed by atoms with E-state index in [1.54, 1.807) is 0 Å². The highest BCUT2D eigenvalue weighted by molar-refractivity contribution is 7.99. The van der Waals surface area contributed by atoms with Gasteiger partial charge in [0.1, 0.15) is 6.04 Å². The van der Waals surface area contributed by atoms with Crippen LogP contribution in [0.2, 0.25) is 0 Å². The van der Waals surface area contributed by atoms with Crippen LogP contribution in [0.1, 0.15) is 18.0 Å². The third-order valence-corrected chi connectivity index (χ3v) is 4.45. The second kappa shape index (κ2) is 9.17. The molecular formula is C18H18F2N2O2S. The number of thioether (sulfide) groups is 1. The highest BCUT2D eigenvalue weighted by Crippen LogP contribution is 2.19. The fraction of sp³-hybridized carbons (Fsp3) is 0.222. The minimum absolute atomic E-state index is 0.183. The summed E-state index contributed by atoms with van der Waals surface area (Å²) in [6.07, 6.45) is 0.191. The molecule has 0 aliphatic carbocycles. The number of amides is 2. The fourth-order valence-electron chi connectivity index (χ4n) is 2.15. The van der Waals surface area contributed by atoms with Gasteiger partial charge in [-0.25, -0.2) is 8.78 Å². The van der Waals surface area contributed by atoms with Crippen LogP contribution in [0.4, 0.5) is 8.78 Å². The average molecular weight is 364 g/mol. The molecule has 0 saturated carbocycles. The summed E-state index contributed by atoms with van der Waals surface area (Å²) in [7, 11) is 1.41. The molecule has 0 spiro atoms. The van der Waals surface area contributed by atoms with Gasteiger partial charge in [0.05, 0.1) is 0 Å². The molecule has 0 aliphatic heterocycles. The Morgan fingerprint density at radius 3 is 2.44 bits per heavy atom. The highest BCUT2D eigenvalue weighted by Gasteiger charge is 2.22. The van der Waals surface area contributed by atoms with Gasteiger partial charge in [0.15, 0.2) is 11.6 Å². The number of halogens is 2. The lowest BCUT2D eigenvalue weighted by atomic mass is 10.1. The Balaban J connectivity index is 1.97. The number of benzene rings is 2. The zero-order valence-electron chi connectivity index (χ0n) is 13.6. The van der Waals surface area contributed by atoms with Gasteiger partial charge in [-0.2, -0.15) is 0 Å². The minimum Gasteiger partial charge on any atom is -0.357 e. The van der Waals surface area contributed by atoms with E-state index >= 15 is 0 Å². The van der Waals surface area contributed by atoms with Gasteiger partial charge in [-0.3, -0.25) is 9.59 Å². The van der Waals surface area contributed by atoms with Crippen molar-refractivity contribution in [3.05, 3.63) is 65.7 Å². The number of carbonyl (C=O) groups excluding carboxylic acids is 2. The second-order valence-corrected chi connectivity index (χ2v) is 6.37. The summed E-state index contributed by atoms with van der Waals surface area (Å²) in [6, 6.07) is 11.7. The molecule has 1 unspecified atom stereocenters. The topological polar surface area (TPSA) is 58.2 Å². The lowest BCUT2D eigenvalue weighted by molar-refractivity contribution is -0.128. The molecule has 2 aromatic carbocycles. The van der Waals surface area contributed by atoms with Crippen molar-refractivity contribution in [2.45, 2.75) is 17.4 Å². The molecule has 2 N–H and O–H groups in total. The molecular weight excluding hydrogens is 346 g/mol. The molecule has 0 saturated heterocycles. The molecule has 0 bridgehead atoms. The van der Waals surface area contributed by atoms with Crippen LogP contribution in [-0.4, -0.2) is 24.6 Å². The first-order valence-electron chi connectivity index (χ1n) is 7.65. The number of likely N-dealkylation sites (N-methyl/N-ethyl adjacent to an activating group) is 1. The molecule has 0 fully saturated rings. The van der Waals surface area contributed by atoms with Crippen LogP contribution in [0.25, 0.3) is 0 Å². The van der Waals surface area contributed by atoms with Crippen LogP contribution in [0.3, 0.4) is 0 Å². The molecule has 2 aromatic rings. The van der Waals surface area contributed by atoms with E-state index in [9.17, 15) is 18.4 Å². The number of nitrogens with one attached hydrogen (secondary N) is 2. The molecule has 7 heteroatoms. The first-order chi connectivity index (χ1) is 12.0. The van der Waals surface area contributed by atoms with Gasteiger partial charge in [0.2, 0.25) is 11.8 Å². The molecule has 25 heavy (non-hydrogen) atoms. The lowest BCUT2D eigenvalue weighted by Crippen LogP contribution is -2.39. The van der Waals surface area contributed by atoms with Gasteiger partial charge in [-0.15, -0.1) is 11.8 Å². The third-order valence-electron chi connectivity index (χ3n) is 3.43. The van der Waals surface area contributed by atoms with Crippen LogP contribution in [-0.2, 0) is 9.59 Å². The Hall–Kier alpha value is -2.41. The van der Waals surface area contributed by atoms with E-state index in [1.165, 1.54) is 24.9 Å². The van der Waals surface area contributed by atoms with Crippen LogP contribution >= 0.6 is 11.8 Å². The second-order valence-electron chi connectivity index (χ2n) is 5.20. The first kappa shape index (κ1) is 18.9. The van der Waals surface area contributed by atoms with Crippen LogP contribution in [0, 0.1) is 11.6 Å². The molecule has 0 radical (unpaired) electrons. The first-order valence-corrected chi connectivity index (χ1v) is 8.63. The van der Waals surface area contributed by atoms with E-state index in [4.69, 9.17) is 0 Å². The summed E-state index contributed by atoms with van der Waals surface area (Å²) < 4.78 is 26.5. The van der Waals surface area contributed by atoms with Crippen LogP contribution < -0.4 is 10.6 Å². The highest BCUT2D eigenvalue weighted by atomic mass is 32.2. The largest absolute Gasteiger partial charge is 0.357 e. The zero-order valence-corrected chi connectivity index (χ0v) is 14.4.